The Morgan fingerprint density at radius 2 is 0.873 bits per heavy atom. The molecule has 0 aliphatic rings. The minimum absolute atomic E-state index is 0.164. The fraction of sp³-hybridized carbons (Fsp3) is 0. The Kier molecular flexibility index (Phi) is 6.94. The number of benzene rings is 8. The molecular formula is C50H32N4O. The fourth-order valence-corrected chi connectivity index (χ4v) is 8.29. The predicted molar refractivity (Wildman–Crippen MR) is 226 cm³/mol. The lowest BCUT2D eigenvalue weighted by atomic mass is 9.97. The topological polar surface area (TPSA) is 44.2 Å². The van der Waals surface area contributed by atoms with Crippen LogP contribution in [0.25, 0.3) is 94.1 Å². The molecule has 0 atom stereocenters. The molecule has 0 fully saturated rings. The third-order valence-electron chi connectivity index (χ3n) is 10.8. The molecule has 11 rings (SSSR count). The van der Waals surface area contributed by atoms with Crippen LogP contribution in [0.15, 0.2) is 199 Å². The second kappa shape index (κ2) is 12.3. The van der Waals surface area contributed by atoms with E-state index in [2.05, 4.69) is 138 Å². The van der Waals surface area contributed by atoms with Crippen LogP contribution in [-0.4, -0.2) is 18.5 Å². The molecule has 5 nitrogen and oxygen atoms in total. The molecule has 0 radical (unpaired) electrons. The van der Waals surface area contributed by atoms with Gasteiger partial charge in [-0.2, -0.15) is 0 Å². The first kappa shape index (κ1) is 31.1. The number of nitrogens with zero attached hydrogens (tertiary/aromatic N) is 4. The molecule has 3 aromatic heterocycles. The van der Waals surface area contributed by atoms with Crippen molar-refractivity contribution < 1.29 is 0 Å². The first-order valence-corrected chi connectivity index (χ1v) is 18.5. The zero-order valence-electron chi connectivity index (χ0n) is 29.7. The highest BCUT2D eigenvalue weighted by Crippen LogP contribution is 2.37. The van der Waals surface area contributed by atoms with Crippen LogP contribution in [0.4, 0.5) is 0 Å². The second-order valence-corrected chi connectivity index (χ2v) is 14.0. The molecule has 0 saturated heterocycles. The van der Waals surface area contributed by atoms with Crippen LogP contribution in [0, 0.1) is 0 Å². The summed E-state index contributed by atoms with van der Waals surface area (Å²) in [7, 11) is 0. The monoisotopic (exact) mass is 704 g/mol. The first-order valence-electron chi connectivity index (χ1n) is 18.5. The van der Waals surface area contributed by atoms with Crippen molar-refractivity contribution in [1.82, 2.24) is 18.5 Å². The van der Waals surface area contributed by atoms with Gasteiger partial charge in [0.05, 0.1) is 33.3 Å². The molecule has 0 saturated carbocycles. The Labute approximate surface area is 316 Å². The standard InChI is InChI=1S/C50H32N4O/c55-50-53(40-29-37(33-14-4-1-5-15-33)28-38(30-40)34-16-6-2-7-17-34)47-27-25-36(32-43(47)49-51-44-21-11-13-23-48(44)54(49)50)35-24-26-46-42(31-35)41-20-10-12-22-45(41)52(46)39-18-8-3-9-19-39/h1-32H. The Bertz CT molecular complexity index is 3260. The Balaban J connectivity index is 1.18. The van der Waals surface area contributed by atoms with Gasteiger partial charge < -0.3 is 4.57 Å². The van der Waals surface area contributed by atoms with Crippen molar-refractivity contribution in [2.75, 3.05) is 0 Å². The lowest BCUT2D eigenvalue weighted by molar-refractivity contribution is 0.932. The maximum absolute atomic E-state index is 14.9. The van der Waals surface area contributed by atoms with Gasteiger partial charge in [0.25, 0.3) is 0 Å². The van der Waals surface area contributed by atoms with Crippen molar-refractivity contribution in [1.29, 1.82) is 0 Å². The van der Waals surface area contributed by atoms with Crippen molar-refractivity contribution in [3.63, 3.8) is 0 Å². The average Bonchev–Trinajstić information content (AvgIpc) is 3.81. The average molecular weight is 705 g/mol. The number of fused-ring (bicyclic) bond motifs is 8. The van der Waals surface area contributed by atoms with Gasteiger partial charge in [0.2, 0.25) is 0 Å². The Morgan fingerprint density at radius 3 is 1.55 bits per heavy atom. The molecule has 0 amide bonds. The van der Waals surface area contributed by atoms with Crippen LogP contribution in [0.5, 0.6) is 0 Å². The van der Waals surface area contributed by atoms with Crippen LogP contribution < -0.4 is 5.69 Å². The van der Waals surface area contributed by atoms with Gasteiger partial charge in [0, 0.05) is 21.8 Å². The molecular weight excluding hydrogens is 673 g/mol. The van der Waals surface area contributed by atoms with Gasteiger partial charge in [-0.25, -0.2) is 14.2 Å². The minimum Gasteiger partial charge on any atom is -0.309 e. The van der Waals surface area contributed by atoms with E-state index in [-0.39, 0.29) is 5.69 Å². The van der Waals surface area contributed by atoms with E-state index in [1.807, 2.05) is 65.2 Å². The molecule has 0 bridgehead atoms. The predicted octanol–water partition coefficient (Wildman–Crippen LogP) is 11.9. The lowest BCUT2D eigenvalue weighted by Crippen LogP contribution is -2.26. The van der Waals surface area contributed by atoms with Crippen molar-refractivity contribution in [2.24, 2.45) is 0 Å². The molecule has 8 aromatic carbocycles. The van der Waals surface area contributed by atoms with E-state index in [0.717, 1.165) is 72.2 Å². The SMILES string of the molecule is O=c1n(-c2cc(-c3ccccc3)cc(-c3ccccc3)c2)c2ccc(-c3ccc4c(c3)c3ccccc3n4-c3ccccc3)cc2c2nc3ccccc3n12. The van der Waals surface area contributed by atoms with Gasteiger partial charge in [-0.3, -0.25) is 4.57 Å². The largest absolute Gasteiger partial charge is 0.339 e. The Hall–Kier alpha value is -7.50. The zero-order chi connectivity index (χ0) is 36.5. The van der Waals surface area contributed by atoms with E-state index in [4.69, 9.17) is 4.98 Å². The van der Waals surface area contributed by atoms with E-state index >= 15 is 0 Å². The van der Waals surface area contributed by atoms with E-state index in [1.165, 1.54) is 16.3 Å². The van der Waals surface area contributed by atoms with E-state index in [1.54, 1.807) is 4.40 Å². The summed E-state index contributed by atoms with van der Waals surface area (Å²) in [5.74, 6) is 0. The maximum atomic E-state index is 14.9. The normalized spacial score (nSPS) is 11.7. The quantitative estimate of drug-likeness (QED) is 0.179. The number of hydrogen-bond acceptors (Lipinski definition) is 2. The van der Waals surface area contributed by atoms with Crippen LogP contribution in [-0.2, 0) is 0 Å². The second-order valence-electron chi connectivity index (χ2n) is 14.0. The van der Waals surface area contributed by atoms with E-state index in [0.29, 0.717) is 5.65 Å². The molecule has 3 heterocycles. The minimum atomic E-state index is -0.164. The van der Waals surface area contributed by atoms with Crippen molar-refractivity contribution in [3.8, 4) is 44.8 Å². The number of rotatable bonds is 5. The Morgan fingerprint density at radius 1 is 0.345 bits per heavy atom. The lowest BCUT2D eigenvalue weighted by Gasteiger charge is -2.16. The zero-order valence-corrected chi connectivity index (χ0v) is 29.7. The summed E-state index contributed by atoms with van der Waals surface area (Å²) in [5, 5.41) is 3.28. The summed E-state index contributed by atoms with van der Waals surface area (Å²) in [4.78, 5) is 20.0. The van der Waals surface area contributed by atoms with Crippen molar-refractivity contribution >= 4 is 49.4 Å². The summed E-state index contributed by atoms with van der Waals surface area (Å²) in [6.45, 7) is 0. The van der Waals surface area contributed by atoms with Gasteiger partial charge >= 0.3 is 5.69 Å². The smallest absolute Gasteiger partial charge is 0.309 e. The number of imidazole rings is 1. The third kappa shape index (κ3) is 4.94. The van der Waals surface area contributed by atoms with Crippen LogP contribution in [0.3, 0.4) is 0 Å². The summed E-state index contributed by atoms with van der Waals surface area (Å²) in [6, 6.07) is 67.3. The summed E-state index contributed by atoms with van der Waals surface area (Å²) in [5.41, 5.74) is 13.4. The highest BCUT2D eigenvalue weighted by molar-refractivity contribution is 6.11. The molecule has 0 unspecified atom stereocenters. The van der Waals surface area contributed by atoms with Gasteiger partial charge in [-0.1, -0.05) is 121 Å². The molecule has 0 N–H and O–H groups in total. The molecule has 0 spiro atoms. The summed E-state index contributed by atoms with van der Waals surface area (Å²) in [6.07, 6.45) is 0. The molecule has 55 heavy (non-hydrogen) atoms. The van der Waals surface area contributed by atoms with Gasteiger partial charge in [0.15, 0.2) is 5.65 Å². The van der Waals surface area contributed by atoms with Gasteiger partial charge in [-0.15, -0.1) is 0 Å². The highest BCUT2D eigenvalue weighted by atomic mass is 16.1. The molecule has 5 heteroatoms. The summed E-state index contributed by atoms with van der Waals surface area (Å²) < 4.78 is 5.96. The molecule has 0 aliphatic heterocycles. The van der Waals surface area contributed by atoms with Crippen LogP contribution in [0.1, 0.15) is 0 Å². The first-order chi connectivity index (χ1) is 27.2. The van der Waals surface area contributed by atoms with Crippen LogP contribution in [0.2, 0.25) is 0 Å². The third-order valence-corrected chi connectivity index (χ3v) is 10.8. The van der Waals surface area contributed by atoms with Crippen LogP contribution >= 0.6 is 0 Å². The van der Waals surface area contributed by atoms with Crippen molar-refractivity contribution in [3.05, 3.63) is 205 Å². The van der Waals surface area contributed by atoms with E-state index < -0.39 is 0 Å². The molecule has 0 aliphatic carbocycles. The van der Waals surface area contributed by atoms with Crippen molar-refractivity contribution in [2.45, 2.75) is 0 Å². The van der Waals surface area contributed by atoms with Gasteiger partial charge in [-0.05, 0) is 106 Å². The fourth-order valence-electron chi connectivity index (χ4n) is 8.29. The number of aromatic nitrogens is 4. The summed E-state index contributed by atoms with van der Waals surface area (Å²) >= 11 is 0. The maximum Gasteiger partial charge on any atom is 0.339 e. The number of hydrogen-bond donors (Lipinski definition) is 0. The highest BCUT2D eigenvalue weighted by Gasteiger charge is 2.20. The molecule has 11 aromatic rings. The van der Waals surface area contributed by atoms with Gasteiger partial charge in [0.1, 0.15) is 0 Å². The van der Waals surface area contributed by atoms with E-state index in [9.17, 15) is 4.79 Å². The number of para-hydroxylation sites is 4. The molecule has 258 valence electrons.